The second kappa shape index (κ2) is 7.12. The van der Waals surface area contributed by atoms with E-state index in [1.807, 2.05) is 6.92 Å². The van der Waals surface area contributed by atoms with Crippen LogP contribution in [0.3, 0.4) is 0 Å². The van der Waals surface area contributed by atoms with E-state index in [0.717, 1.165) is 12.8 Å². The quantitative estimate of drug-likeness (QED) is 0.813. The van der Waals surface area contributed by atoms with Crippen molar-refractivity contribution in [2.24, 2.45) is 11.7 Å². The summed E-state index contributed by atoms with van der Waals surface area (Å²) in [4.78, 5) is 11.7. The van der Waals surface area contributed by atoms with Gasteiger partial charge in [0.2, 0.25) is 5.91 Å². The van der Waals surface area contributed by atoms with Gasteiger partial charge < -0.3 is 11.1 Å². The molecule has 3 atom stereocenters. The molecule has 19 heavy (non-hydrogen) atoms. The van der Waals surface area contributed by atoms with Crippen LogP contribution >= 0.6 is 0 Å². The molecule has 1 aliphatic rings. The molecule has 6 heteroatoms. The molecule has 0 heterocycles. The van der Waals surface area contributed by atoms with Gasteiger partial charge in [-0.15, -0.1) is 0 Å². The zero-order valence-electron chi connectivity index (χ0n) is 11.3. The summed E-state index contributed by atoms with van der Waals surface area (Å²) >= 11 is 0. The number of nitrogens with one attached hydrogen (secondary N) is 1. The van der Waals surface area contributed by atoms with Gasteiger partial charge in [-0.1, -0.05) is 26.2 Å². The van der Waals surface area contributed by atoms with Crippen molar-refractivity contribution in [1.82, 2.24) is 5.32 Å². The maximum atomic E-state index is 12.8. The number of nitrogens with two attached hydrogens (primary N) is 1. The normalized spacial score (nSPS) is 25.9. The SMILES string of the molecule is CCCC(N)CC(=O)NC1CCCCC1C(F)(F)F. The summed E-state index contributed by atoms with van der Waals surface area (Å²) in [6.45, 7) is 1.96. The summed E-state index contributed by atoms with van der Waals surface area (Å²) in [6, 6.07) is -1.05. The van der Waals surface area contributed by atoms with Gasteiger partial charge in [0.05, 0.1) is 5.92 Å². The van der Waals surface area contributed by atoms with Crippen molar-refractivity contribution in [3.05, 3.63) is 0 Å². The maximum Gasteiger partial charge on any atom is 0.393 e. The molecule has 1 saturated carbocycles. The molecule has 3 nitrogen and oxygen atoms in total. The van der Waals surface area contributed by atoms with E-state index < -0.39 is 18.1 Å². The molecule has 0 aromatic carbocycles. The number of alkyl halides is 3. The highest BCUT2D eigenvalue weighted by Gasteiger charge is 2.45. The Labute approximate surface area is 112 Å². The second-order valence-electron chi connectivity index (χ2n) is 5.36. The van der Waals surface area contributed by atoms with E-state index in [4.69, 9.17) is 5.73 Å². The molecule has 1 amide bonds. The van der Waals surface area contributed by atoms with Crippen LogP contribution in [0.5, 0.6) is 0 Å². The summed E-state index contributed by atoms with van der Waals surface area (Å²) in [6.07, 6.45) is -0.735. The maximum absolute atomic E-state index is 12.8. The van der Waals surface area contributed by atoms with Crippen LogP contribution in [0.25, 0.3) is 0 Å². The molecule has 112 valence electrons. The molecule has 0 aromatic rings. The molecule has 0 spiro atoms. The largest absolute Gasteiger partial charge is 0.393 e. The fourth-order valence-electron chi connectivity index (χ4n) is 2.67. The smallest absolute Gasteiger partial charge is 0.353 e. The van der Waals surface area contributed by atoms with Crippen molar-refractivity contribution < 1.29 is 18.0 Å². The van der Waals surface area contributed by atoms with Crippen molar-refractivity contribution >= 4 is 5.91 Å². The lowest BCUT2D eigenvalue weighted by molar-refractivity contribution is -0.189. The van der Waals surface area contributed by atoms with Crippen molar-refractivity contribution in [2.75, 3.05) is 0 Å². The van der Waals surface area contributed by atoms with Gasteiger partial charge in [-0.2, -0.15) is 13.2 Å². The third-order valence-corrected chi connectivity index (χ3v) is 3.64. The molecule has 0 radical (unpaired) electrons. The predicted molar refractivity (Wildman–Crippen MR) is 67.4 cm³/mol. The Hall–Kier alpha value is -0.780. The van der Waals surface area contributed by atoms with E-state index in [9.17, 15) is 18.0 Å². The molecule has 3 unspecified atom stereocenters. The molecule has 1 fully saturated rings. The predicted octanol–water partition coefficient (Wildman–Crippen LogP) is 2.74. The Bertz CT molecular complexity index is 294. The molecular weight excluding hydrogens is 257 g/mol. The molecule has 1 rings (SSSR count). The van der Waals surface area contributed by atoms with Crippen LogP contribution in [0.4, 0.5) is 13.2 Å². The van der Waals surface area contributed by atoms with Crippen molar-refractivity contribution in [2.45, 2.75) is 70.1 Å². The van der Waals surface area contributed by atoms with Gasteiger partial charge >= 0.3 is 6.18 Å². The first-order chi connectivity index (χ1) is 8.84. The van der Waals surface area contributed by atoms with Gasteiger partial charge in [0.1, 0.15) is 0 Å². The van der Waals surface area contributed by atoms with E-state index >= 15 is 0 Å². The average Bonchev–Trinajstić information content (AvgIpc) is 2.28. The fourth-order valence-corrected chi connectivity index (χ4v) is 2.67. The van der Waals surface area contributed by atoms with Crippen LogP contribution in [0.15, 0.2) is 0 Å². The molecule has 3 N–H and O–H groups in total. The lowest BCUT2D eigenvalue weighted by Crippen LogP contribution is -2.48. The van der Waals surface area contributed by atoms with Crippen molar-refractivity contribution in [3.63, 3.8) is 0 Å². The summed E-state index contributed by atoms with van der Waals surface area (Å²) in [5.41, 5.74) is 5.73. The van der Waals surface area contributed by atoms with E-state index in [-0.39, 0.29) is 24.8 Å². The van der Waals surface area contributed by atoms with E-state index in [2.05, 4.69) is 5.32 Å². The van der Waals surface area contributed by atoms with Crippen molar-refractivity contribution in [3.8, 4) is 0 Å². The zero-order valence-corrected chi connectivity index (χ0v) is 11.3. The monoisotopic (exact) mass is 280 g/mol. The van der Waals surface area contributed by atoms with Gasteiger partial charge in [-0.3, -0.25) is 4.79 Å². The third kappa shape index (κ3) is 5.38. The van der Waals surface area contributed by atoms with Crippen LogP contribution < -0.4 is 11.1 Å². The summed E-state index contributed by atoms with van der Waals surface area (Å²) in [5, 5.41) is 2.53. The second-order valence-corrected chi connectivity index (χ2v) is 5.36. The average molecular weight is 280 g/mol. The van der Waals surface area contributed by atoms with Gasteiger partial charge in [0.15, 0.2) is 0 Å². The van der Waals surface area contributed by atoms with Crippen LogP contribution in [-0.2, 0) is 4.79 Å². The first kappa shape index (κ1) is 16.3. The van der Waals surface area contributed by atoms with Crippen LogP contribution in [-0.4, -0.2) is 24.2 Å². The van der Waals surface area contributed by atoms with Gasteiger partial charge in [0.25, 0.3) is 0 Å². The zero-order chi connectivity index (χ0) is 14.5. The Morgan fingerprint density at radius 2 is 2.00 bits per heavy atom. The number of halogens is 3. The minimum atomic E-state index is -4.23. The van der Waals surface area contributed by atoms with Gasteiger partial charge in [-0.05, 0) is 19.3 Å². The number of carbonyl (C=O) groups excluding carboxylic acids is 1. The lowest BCUT2D eigenvalue weighted by Gasteiger charge is -2.33. The van der Waals surface area contributed by atoms with Crippen LogP contribution in [0.2, 0.25) is 0 Å². The minimum Gasteiger partial charge on any atom is -0.353 e. The van der Waals surface area contributed by atoms with Gasteiger partial charge in [-0.25, -0.2) is 0 Å². The summed E-state index contributed by atoms with van der Waals surface area (Å²) in [5.74, 6) is -1.77. The number of hydrogen-bond donors (Lipinski definition) is 2. The fraction of sp³-hybridized carbons (Fsp3) is 0.923. The third-order valence-electron chi connectivity index (χ3n) is 3.64. The minimum absolute atomic E-state index is 0.106. The Morgan fingerprint density at radius 1 is 1.37 bits per heavy atom. The first-order valence-electron chi connectivity index (χ1n) is 6.96. The Kier molecular flexibility index (Phi) is 6.10. The molecule has 0 bridgehead atoms. The number of amides is 1. The number of hydrogen-bond acceptors (Lipinski definition) is 2. The van der Waals surface area contributed by atoms with Crippen LogP contribution in [0.1, 0.15) is 51.9 Å². The lowest BCUT2D eigenvalue weighted by atomic mass is 9.84. The topological polar surface area (TPSA) is 55.1 Å². The molecule has 0 saturated heterocycles. The Morgan fingerprint density at radius 3 is 2.58 bits per heavy atom. The standard InChI is InChI=1S/C13H23F3N2O/c1-2-5-9(17)8-12(19)18-11-7-4-3-6-10(11)13(14,15)16/h9-11H,2-8,17H2,1H3,(H,18,19). The van der Waals surface area contributed by atoms with E-state index in [1.165, 1.54) is 0 Å². The van der Waals surface area contributed by atoms with Gasteiger partial charge in [0, 0.05) is 18.5 Å². The Balaban J connectivity index is 2.50. The molecule has 0 aromatic heterocycles. The van der Waals surface area contributed by atoms with E-state index in [0.29, 0.717) is 19.3 Å². The van der Waals surface area contributed by atoms with Crippen molar-refractivity contribution in [1.29, 1.82) is 0 Å². The summed E-state index contributed by atoms with van der Waals surface area (Å²) in [7, 11) is 0. The van der Waals surface area contributed by atoms with Crippen LogP contribution in [0, 0.1) is 5.92 Å². The highest BCUT2D eigenvalue weighted by Crippen LogP contribution is 2.37. The number of carbonyl (C=O) groups is 1. The highest BCUT2D eigenvalue weighted by atomic mass is 19.4. The number of rotatable bonds is 5. The summed E-state index contributed by atoms with van der Waals surface area (Å²) < 4.78 is 38.5. The first-order valence-corrected chi connectivity index (χ1v) is 6.96. The molecule has 1 aliphatic carbocycles. The highest BCUT2D eigenvalue weighted by molar-refractivity contribution is 5.76. The van der Waals surface area contributed by atoms with E-state index in [1.54, 1.807) is 0 Å². The molecule has 0 aliphatic heterocycles. The molecular formula is C13H23F3N2O.